The van der Waals surface area contributed by atoms with Gasteiger partial charge in [0.25, 0.3) is 0 Å². The predicted octanol–water partition coefficient (Wildman–Crippen LogP) is 2.77. The fraction of sp³-hybridized carbons (Fsp3) is 0.632. The lowest BCUT2D eigenvalue weighted by Gasteiger charge is -2.33. The van der Waals surface area contributed by atoms with Gasteiger partial charge in [0.1, 0.15) is 0 Å². The molecular formula is C19H32N2O2. The molecule has 130 valence electrons. The first kappa shape index (κ1) is 19.7. The molecule has 23 heavy (non-hydrogen) atoms. The molecule has 1 rings (SSSR count). The smallest absolute Gasteiger partial charge is 0.223 e. The van der Waals surface area contributed by atoms with Crippen LogP contribution in [0.1, 0.15) is 46.1 Å². The van der Waals surface area contributed by atoms with E-state index in [0.717, 1.165) is 18.5 Å². The summed E-state index contributed by atoms with van der Waals surface area (Å²) >= 11 is 0. The van der Waals surface area contributed by atoms with Gasteiger partial charge in [-0.2, -0.15) is 0 Å². The van der Waals surface area contributed by atoms with E-state index in [0.29, 0.717) is 0 Å². The molecule has 0 heterocycles. The van der Waals surface area contributed by atoms with Crippen LogP contribution >= 0.6 is 0 Å². The van der Waals surface area contributed by atoms with Crippen LogP contribution in [-0.4, -0.2) is 42.6 Å². The van der Waals surface area contributed by atoms with Crippen molar-refractivity contribution in [2.75, 3.05) is 20.6 Å². The normalized spacial score (nSPS) is 16.0. The molecule has 1 amide bonds. The quantitative estimate of drug-likeness (QED) is 0.812. The number of nitrogens with zero attached hydrogens (tertiary/aromatic N) is 1. The third-order valence-corrected chi connectivity index (χ3v) is 4.15. The fourth-order valence-electron chi connectivity index (χ4n) is 2.57. The number of rotatable bonds is 7. The number of carbonyl (C=O) groups is 1. The standard InChI is InChI=1S/C19H32N2O2/c1-18(2,3)16(12-13-21(5)6)20-17(22)14-19(4,23)15-10-8-7-9-11-15/h7-11,16,23H,12-14H2,1-6H3,(H,20,22). The van der Waals surface area contributed by atoms with Crippen LogP contribution in [0.25, 0.3) is 0 Å². The average Bonchev–Trinajstić information content (AvgIpc) is 2.42. The monoisotopic (exact) mass is 320 g/mol. The molecule has 0 bridgehead atoms. The summed E-state index contributed by atoms with van der Waals surface area (Å²) in [5.74, 6) is -0.113. The molecule has 0 spiro atoms. The van der Waals surface area contributed by atoms with Crippen LogP contribution in [0.2, 0.25) is 0 Å². The van der Waals surface area contributed by atoms with E-state index < -0.39 is 5.60 Å². The minimum Gasteiger partial charge on any atom is -0.385 e. The predicted molar refractivity (Wildman–Crippen MR) is 95.2 cm³/mol. The molecular weight excluding hydrogens is 288 g/mol. The SMILES string of the molecule is CN(C)CCC(NC(=O)CC(C)(O)c1ccccc1)C(C)(C)C. The third kappa shape index (κ3) is 6.71. The minimum absolute atomic E-state index is 0.0235. The Morgan fingerprint density at radius 1 is 1.17 bits per heavy atom. The van der Waals surface area contributed by atoms with Gasteiger partial charge in [0.05, 0.1) is 12.0 Å². The van der Waals surface area contributed by atoms with Gasteiger partial charge in [0.15, 0.2) is 0 Å². The van der Waals surface area contributed by atoms with E-state index in [1.54, 1.807) is 6.92 Å². The van der Waals surface area contributed by atoms with Crippen LogP contribution in [0.3, 0.4) is 0 Å². The summed E-state index contributed by atoms with van der Waals surface area (Å²) in [5.41, 5.74) is -0.421. The Morgan fingerprint density at radius 3 is 2.22 bits per heavy atom. The van der Waals surface area contributed by atoms with Gasteiger partial charge in [-0.3, -0.25) is 4.79 Å². The topological polar surface area (TPSA) is 52.6 Å². The second kappa shape index (κ2) is 7.93. The summed E-state index contributed by atoms with van der Waals surface area (Å²) in [7, 11) is 4.06. The first-order valence-electron chi connectivity index (χ1n) is 8.24. The maximum Gasteiger partial charge on any atom is 0.223 e. The number of carbonyl (C=O) groups excluding carboxylic acids is 1. The molecule has 0 saturated carbocycles. The highest BCUT2D eigenvalue weighted by atomic mass is 16.3. The lowest BCUT2D eigenvalue weighted by Crippen LogP contribution is -2.46. The zero-order valence-corrected chi connectivity index (χ0v) is 15.4. The number of amides is 1. The van der Waals surface area contributed by atoms with Crippen LogP contribution in [0.4, 0.5) is 0 Å². The van der Waals surface area contributed by atoms with Gasteiger partial charge in [-0.05, 0) is 45.0 Å². The zero-order chi connectivity index (χ0) is 17.7. The maximum absolute atomic E-state index is 12.4. The van der Waals surface area contributed by atoms with E-state index in [4.69, 9.17) is 0 Å². The van der Waals surface area contributed by atoms with Crippen molar-refractivity contribution in [3.63, 3.8) is 0 Å². The molecule has 2 atom stereocenters. The lowest BCUT2D eigenvalue weighted by atomic mass is 9.84. The summed E-state index contributed by atoms with van der Waals surface area (Å²) in [6.45, 7) is 8.99. The molecule has 0 aliphatic heterocycles. The number of aliphatic hydroxyl groups is 1. The van der Waals surface area contributed by atoms with Gasteiger partial charge in [-0.15, -0.1) is 0 Å². The van der Waals surface area contributed by atoms with Crippen molar-refractivity contribution in [1.29, 1.82) is 0 Å². The van der Waals surface area contributed by atoms with E-state index in [-0.39, 0.29) is 23.8 Å². The lowest BCUT2D eigenvalue weighted by molar-refractivity contribution is -0.127. The van der Waals surface area contributed by atoms with Crippen molar-refractivity contribution >= 4 is 5.91 Å². The molecule has 4 heteroatoms. The molecule has 0 aliphatic rings. The van der Waals surface area contributed by atoms with Gasteiger partial charge in [-0.25, -0.2) is 0 Å². The Morgan fingerprint density at radius 2 is 1.74 bits per heavy atom. The summed E-state index contributed by atoms with van der Waals surface area (Å²) in [4.78, 5) is 14.6. The van der Waals surface area contributed by atoms with Gasteiger partial charge in [0.2, 0.25) is 5.91 Å². The van der Waals surface area contributed by atoms with Crippen molar-refractivity contribution in [3.8, 4) is 0 Å². The minimum atomic E-state index is -1.16. The van der Waals surface area contributed by atoms with Crippen LogP contribution in [-0.2, 0) is 10.4 Å². The largest absolute Gasteiger partial charge is 0.385 e. The fourth-order valence-corrected chi connectivity index (χ4v) is 2.57. The van der Waals surface area contributed by atoms with Gasteiger partial charge in [0, 0.05) is 6.04 Å². The number of hydrogen-bond acceptors (Lipinski definition) is 3. The molecule has 0 aliphatic carbocycles. The van der Waals surface area contributed by atoms with E-state index in [1.165, 1.54) is 0 Å². The highest BCUT2D eigenvalue weighted by molar-refractivity contribution is 5.77. The van der Waals surface area contributed by atoms with E-state index in [1.807, 2.05) is 44.4 Å². The van der Waals surface area contributed by atoms with Crippen molar-refractivity contribution < 1.29 is 9.90 Å². The molecule has 0 saturated heterocycles. The van der Waals surface area contributed by atoms with Crippen LogP contribution in [0, 0.1) is 5.41 Å². The number of benzene rings is 1. The van der Waals surface area contributed by atoms with E-state index in [2.05, 4.69) is 31.0 Å². The molecule has 0 radical (unpaired) electrons. The first-order valence-corrected chi connectivity index (χ1v) is 8.24. The second-order valence-corrected chi connectivity index (χ2v) is 7.89. The van der Waals surface area contributed by atoms with Gasteiger partial charge < -0.3 is 15.3 Å². The highest BCUT2D eigenvalue weighted by Crippen LogP contribution is 2.26. The van der Waals surface area contributed by atoms with Crippen LogP contribution < -0.4 is 5.32 Å². The van der Waals surface area contributed by atoms with Crippen molar-refractivity contribution in [2.45, 2.75) is 52.2 Å². The maximum atomic E-state index is 12.4. The first-order chi connectivity index (χ1) is 10.5. The highest BCUT2D eigenvalue weighted by Gasteiger charge is 2.30. The molecule has 4 nitrogen and oxygen atoms in total. The van der Waals surface area contributed by atoms with Gasteiger partial charge >= 0.3 is 0 Å². The molecule has 1 aromatic rings. The molecule has 0 fully saturated rings. The Bertz CT molecular complexity index is 490. The van der Waals surface area contributed by atoms with Crippen molar-refractivity contribution in [3.05, 3.63) is 35.9 Å². The van der Waals surface area contributed by atoms with Crippen molar-refractivity contribution in [2.24, 2.45) is 5.41 Å². The third-order valence-electron chi connectivity index (χ3n) is 4.15. The summed E-state index contributed by atoms with van der Waals surface area (Å²) in [5, 5.41) is 13.7. The Hall–Kier alpha value is -1.39. The Balaban J connectivity index is 2.72. The second-order valence-electron chi connectivity index (χ2n) is 7.89. The molecule has 1 aromatic carbocycles. The molecule has 0 aromatic heterocycles. The molecule has 2 N–H and O–H groups in total. The summed E-state index contributed by atoms with van der Waals surface area (Å²) < 4.78 is 0. The average molecular weight is 320 g/mol. The number of nitrogens with one attached hydrogen (secondary N) is 1. The molecule has 2 unspecified atom stereocenters. The summed E-state index contributed by atoms with van der Waals surface area (Å²) in [6, 6.07) is 9.41. The van der Waals surface area contributed by atoms with Gasteiger partial charge in [-0.1, -0.05) is 51.1 Å². The number of hydrogen-bond donors (Lipinski definition) is 2. The Kier molecular flexibility index (Phi) is 6.78. The summed E-state index contributed by atoms with van der Waals surface area (Å²) in [6.07, 6.45) is 0.946. The van der Waals surface area contributed by atoms with E-state index >= 15 is 0 Å². The van der Waals surface area contributed by atoms with E-state index in [9.17, 15) is 9.90 Å². The Labute approximate surface area is 140 Å². The van der Waals surface area contributed by atoms with Crippen LogP contribution in [0.15, 0.2) is 30.3 Å². The van der Waals surface area contributed by atoms with Crippen molar-refractivity contribution in [1.82, 2.24) is 10.2 Å². The zero-order valence-electron chi connectivity index (χ0n) is 15.4. The van der Waals surface area contributed by atoms with Crippen LogP contribution in [0.5, 0.6) is 0 Å².